The molecule has 28 heavy (non-hydrogen) atoms. The Morgan fingerprint density at radius 1 is 0.964 bits per heavy atom. The molecule has 1 saturated carbocycles. The molecule has 8 nitrogen and oxygen atoms in total. The van der Waals surface area contributed by atoms with Crippen LogP contribution in [0.2, 0.25) is 0 Å². The number of pyridine rings is 1. The highest BCUT2D eigenvalue weighted by atomic mass is 16.1. The first kappa shape index (κ1) is 18.1. The summed E-state index contributed by atoms with van der Waals surface area (Å²) in [5.74, 6) is 0.694. The maximum absolute atomic E-state index is 12.4. The van der Waals surface area contributed by atoms with E-state index in [1.807, 2.05) is 12.1 Å². The first-order valence-corrected chi connectivity index (χ1v) is 9.41. The molecule has 3 heterocycles. The molecule has 3 aromatic heterocycles. The van der Waals surface area contributed by atoms with E-state index < -0.39 is 0 Å². The lowest BCUT2D eigenvalue weighted by Gasteiger charge is -2.30. The van der Waals surface area contributed by atoms with Gasteiger partial charge in [-0.2, -0.15) is 10.2 Å². The smallest absolute Gasteiger partial charge is 0.267 e. The van der Waals surface area contributed by atoms with Gasteiger partial charge in [-0.25, -0.2) is 9.36 Å². The number of hydrogen-bond acceptors (Lipinski definition) is 6. The standard InChI is InChI=1S/C20H22N6O2/c1-25-19(27)11-9-18(24-25)22-15-4-6-16(7-5-15)26-20(28)10-8-17(23-26)14-3-2-12-21-13-14/h2-3,8-13,15-16H,4-7H2,1H3,(H,22,24). The Labute approximate surface area is 161 Å². The fourth-order valence-corrected chi connectivity index (χ4v) is 3.61. The van der Waals surface area contributed by atoms with Crippen LogP contribution in [0.3, 0.4) is 0 Å². The van der Waals surface area contributed by atoms with Crippen LogP contribution in [-0.2, 0) is 7.05 Å². The van der Waals surface area contributed by atoms with Crippen molar-refractivity contribution in [2.24, 2.45) is 7.05 Å². The second-order valence-corrected chi connectivity index (χ2v) is 7.07. The molecule has 0 aliphatic heterocycles. The lowest BCUT2D eigenvalue weighted by molar-refractivity contribution is 0.304. The topological polar surface area (TPSA) is 94.7 Å². The van der Waals surface area contributed by atoms with Crippen LogP contribution in [0.1, 0.15) is 31.7 Å². The molecule has 0 saturated heterocycles. The van der Waals surface area contributed by atoms with E-state index in [4.69, 9.17) is 0 Å². The second kappa shape index (κ2) is 7.75. The zero-order chi connectivity index (χ0) is 19.5. The molecule has 1 N–H and O–H groups in total. The van der Waals surface area contributed by atoms with Gasteiger partial charge in [-0.15, -0.1) is 0 Å². The van der Waals surface area contributed by atoms with Crippen molar-refractivity contribution < 1.29 is 0 Å². The number of aromatic nitrogens is 5. The van der Waals surface area contributed by atoms with Gasteiger partial charge < -0.3 is 5.32 Å². The summed E-state index contributed by atoms with van der Waals surface area (Å²) in [4.78, 5) is 27.9. The van der Waals surface area contributed by atoms with Crippen LogP contribution >= 0.6 is 0 Å². The van der Waals surface area contributed by atoms with Crippen molar-refractivity contribution in [3.05, 3.63) is 69.5 Å². The van der Waals surface area contributed by atoms with Crippen LogP contribution in [0.5, 0.6) is 0 Å². The van der Waals surface area contributed by atoms with Gasteiger partial charge in [-0.05, 0) is 49.9 Å². The molecule has 0 atom stereocenters. The summed E-state index contributed by atoms with van der Waals surface area (Å²) < 4.78 is 2.93. The van der Waals surface area contributed by atoms with E-state index in [0.717, 1.165) is 36.9 Å². The van der Waals surface area contributed by atoms with E-state index in [0.29, 0.717) is 5.82 Å². The zero-order valence-corrected chi connectivity index (χ0v) is 15.7. The van der Waals surface area contributed by atoms with Gasteiger partial charge in [0.25, 0.3) is 11.1 Å². The summed E-state index contributed by atoms with van der Waals surface area (Å²) in [6.07, 6.45) is 6.98. The van der Waals surface area contributed by atoms with Crippen molar-refractivity contribution in [2.45, 2.75) is 37.8 Å². The second-order valence-electron chi connectivity index (χ2n) is 7.07. The molecule has 0 bridgehead atoms. The molecule has 3 aromatic rings. The predicted octanol–water partition coefficient (Wildman–Crippen LogP) is 1.99. The van der Waals surface area contributed by atoms with Crippen molar-refractivity contribution in [1.29, 1.82) is 0 Å². The van der Waals surface area contributed by atoms with Gasteiger partial charge in [0.05, 0.1) is 11.7 Å². The van der Waals surface area contributed by atoms with Crippen LogP contribution in [0.25, 0.3) is 11.3 Å². The van der Waals surface area contributed by atoms with Crippen molar-refractivity contribution in [2.75, 3.05) is 5.32 Å². The number of anilines is 1. The van der Waals surface area contributed by atoms with E-state index in [-0.39, 0.29) is 23.2 Å². The maximum Gasteiger partial charge on any atom is 0.267 e. The number of aryl methyl sites for hydroxylation is 1. The average Bonchev–Trinajstić information content (AvgIpc) is 2.72. The summed E-state index contributed by atoms with van der Waals surface area (Å²) in [5, 5.41) is 12.2. The Morgan fingerprint density at radius 3 is 2.46 bits per heavy atom. The molecule has 1 fully saturated rings. The van der Waals surface area contributed by atoms with Gasteiger partial charge in [0.15, 0.2) is 0 Å². The van der Waals surface area contributed by atoms with Crippen LogP contribution in [0.4, 0.5) is 5.82 Å². The van der Waals surface area contributed by atoms with Crippen molar-refractivity contribution in [3.63, 3.8) is 0 Å². The largest absolute Gasteiger partial charge is 0.366 e. The number of nitrogens with one attached hydrogen (secondary N) is 1. The van der Waals surface area contributed by atoms with E-state index in [9.17, 15) is 9.59 Å². The summed E-state index contributed by atoms with van der Waals surface area (Å²) >= 11 is 0. The van der Waals surface area contributed by atoms with Crippen LogP contribution < -0.4 is 16.4 Å². The Balaban J connectivity index is 1.45. The summed E-state index contributed by atoms with van der Waals surface area (Å²) in [7, 11) is 1.64. The minimum atomic E-state index is -0.131. The minimum absolute atomic E-state index is 0.0789. The summed E-state index contributed by atoms with van der Waals surface area (Å²) in [6.45, 7) is 0. The Kier molecular flexibility index (Phi) is 5.01. The molecular weight excluding hydrogens is 356 g/mol. The van der Waals surface area contributed by atoms with E-state index in [2.05, 4.69) is 20.5 Å². The van der Waals surface area contributed by atoms with Crippen molar-refractivity contribution >= 4 is 5.82 Å². The number of rotatable bonds is 4. The van der Waals surface area contributed by atoms with E-state index in [1.54, 1.807) is 42.3 Å². The predicted molar refractivity (Wildman–Crippen MR) is 106 cm³/mol. The lowest BCUT2D eigenvalue weighted by Crippen LogP contribution is -2.33. The quantitative estimate of drug-likeness (QED) is 0.746. The summed E-state index contributed by atoms with van der Waals surface area (Å²) in [5.41, 5.74) is 1.44. The Bertz CT molecular complexity index is 1070. The molecule has 8 heteroatoms. The van der Waals surface area contributed by atoms with Crippen molar-refractivity contribution in [3.8, 4) is 11.3 Å². The zero-order valence-electron chi connectivity index (χ0n) is 15.7. The molecule has 0 spiro atoms. The highest BCUT2D eigenvalue weighted by Crippen LogP contribution is 2.29. The number of nitrogens with zero attached hydrogens (tertiary/aromatic N) is 5. The lowest BCUT2D eigenvalue weighted by atomic mass is 9.91. The third-order valence-corrected chi connectivity index (χ3v) is 5.14. The highest BCUT2D eigenvalue weighted by Gasteiger charge is 2.24. The molecule has 4 rings (SSSR count). The Hall–Kier alpha value is -3.29. The van der Waals surface area contributed by atoms with Gasteiger partial charge in [0, 0.05) is 43.2 Å². The third kappa shape index (κ3) is 3.85. The molecule has 0 unspecified atom stereocenters. The molecule has 1 aliphatic rings. The molecule has 0 radical (unpaired) electrons. The van der Waals surface area contributed by atoms with Gasteiger partial charge in [0.2, 0.25) is 0 Å². The molecular formula is C20H22N6O2. The van der Waals surface area contributed by atoms with E-state index >= 15 is 0 Å². The molecule has 0 amide bonds. The average molecular weight is 378 g/mol. The summed E-state index contributed by atoms with van der Waals surface area (Å²) in [6, 6.07) is 10.7. The molecule has 0 aromatic carbocycles. The highest BCUT2D eigenvalue weighted by molar-refractivity contribution is 5.56. The fourth-order valence-electron chi connectivity index (χ4n) is 3.61. The van der Waals surface area contributed by atoms with Crippen LogP contribution in [-0.4, -0.2) is 30.6 Å². The molecule has 1 aliphatic carbocycles. The fraction of sp³-hybridized carbons (Fsp3) is 0.350. The molecule has 144 valence electrons. The van der Waals surface area contributed by atoms with Gasteiger partial charge in [-0.1, -0.05) is 0 Å². The van der Waals surface area contributed by atoms with Crippen LogP contribution in [0, 0.1) is 0 Å². The van der Waals surface area contributed by atoms with Gasteiger partial charge in [0.1, 0.15) is 5.82 Å². The SMILES string of the molecule is Cn1nc(NC2CCC(n3nc(-c4cccnc4)ccc3=O)CC2)ccc1=O. The van der Waals surface area contributed by atoms with E-state index in [1.165, 1.54) is 10.7 Å². The minimum Gasteiger partial charge on any atom is -0.366 e. The first-order chi connectivity index (χ1) is 13.6. The van der Waals surface area contributed by atoms with Crippen molar-refractivity contribution in [1.82, 2.24) is 24.5 Å². The maximum atomic E-state index is 12.4. The monoisotopic (exact) mass is 378 g/mol. The number of hydrogen-bond donors (Lipinski definition) is 1. The van der Waals surface area contributed by atoms with Gasteiger partial charge in [-0.3, -0.25) is 14.6 Å². The normalized spacial score (nSPS) is 19.3. The Morgan fingerprint density at radius 2 is 1.75 bits per heavy atom. The first-order valence-electron chi connectivity index (χ1n) is 9.41. The third-order valence-electron chi connectivity index (χ3n) is 5.14. The van der Waals surface area contributed by atoms with Gasteiger partial charge >= 0.3 is 0 Å². The van der Waals surface area contributed by atoms with Crippen LogP contribution in [0.15, 0.2) is 58.4 Å².